The maximum Gasteiger partial charge on any atom is 0.268 e. The maximum atomic E-state index is 12.2. The number of nitrogen functional groups attached to an aromatic ring is 1. The molecule has 0 aliphatic carbocycles. The summed E-state index contributed by atoms with van der Waals surface area (Å²) in [6, 6.07) is 5.22. The molecule has 160 valence electrons. The number of hydrogen-bond acceptors (Lipinski definition) is 7. The molecule has 1 aromatic heterocycles. The monoisotopic (exact) mass is 450 g/mol. The molecule has 4 rings (SSSR count). The molecule has 30 heavy (non-hydrogen) atoms. The summed E-state index contributed by atoms with van der Waals surface area (Å²) in [5.41, 5.74) is 18.6. The van der Waals surface area contributed by atoms with E-state index in [1.165, 1.54) is 0 Å². The van der Waals surface area contributed by atoms with Gasteiger partial charge in [-0.25, -0.2) is 4.98 Å². The standard InChI is InChI=1S/C20H24Cl2N6O2/c21-13-3-1-2-12(15(13)22)14-16(18(25)29)26-19(27-17(14)24)28-7-5-20(6-8-28)10-11(23)4-9-30-20/h1-3,11H,4-10,23H2,(H2,25,29)(H2,24,26,27). The second-order valence-electron chi connectivity index (χ2n) is 7.87. The highest BCUT2D eigenvalue weighted by Crippen LogP contribution is 2.39. The largest absolute Gasteiger partial charge is 0.383 e. The van der Waals surface area contributed by atoms with E-state index in [4.69, 9.17) is 45.1 Å². The van der Waals surface area contributed by atoms with E-state index in [2.05, 4.69) is 9.97 Å². The third-order valence-electron chi connectivity index (χ3n) is 5.87. The normalized spacial score (nSPS) is 21.0. The number of piperidine rings is 1. The molecule has 0 saturated carbocycles. The molecule has 3 heterocycles. The first-order chi connectivity index (χ1) is 14.3. The first-order valence-electron chi connectivity index (χ1n) is 9.86. The van der Waals surface area contributed by atoms with Gasteiger partial charge in [0, 0.05) is 31.3 Å². The fraction of sp³-hybridized carbons (Fsp3) is 0.450. The highest BCUT2D eigenvalue weighted by Gasteiger charge is 2.40. The molecular formula is C20H24Cl2N6O2. The number of carbonyl (C=O) groups excluding carboxylic acids is 1. The van der Waals surface area contributed by atoms with E-state index in [1.807, 2.05) is 4.90 Å². The molecule has 2 aromatic rings. The van der Waals surface area contributed by atoms with E-state index in [0.717, 1.165) is 25.7 Å². The van der Waals surface area contributed by atoms with E-state index in [9.17, 15) is 4.79 Å². The summed E-state index contributed by atoms with van der Waals surface area (Å²) in [5.74, 6) is -0.237. The van der Waals surface area contributed by atoms with Gasteiger partial charge < -0.3 is 26.8 Å². The molecule has 6 N–H and O–H groups in total. The van der Waals surface area contributed by atoms with Crippen LogP contribution in [-0.2, 0) is 4.74 Å². The maximum absolute atomic E-state index is 12.2. The number of halogens is 2. The zero-order valence-electron chi connectivity index (χ0n) is 16.4. The number of primary amides is 1. The Labute approximate surface area is 184 Å². The van der Waals surface area contributed by atoms with Crippen LogP contribution in [0.4, 0.5) is 11.8 Å². The molecule has 8 nitrogen and oxygen atoms in total. The second kappa shape index (κ2) is 8.19. The number of amides is 1. The topological polar surface area (TPSA) is 133 Å². The fourth-order valence-corrected chi connectivity index (χ4v) is 4.67. The zero-order chi connectivity index (χ0) is 21.5. The third kappa shape index (κ3) is 3.92. The van der Waals surface area contributed by atoms with Crippen molar-refractivity contribution in [1.29, 1.82) is 0 Å². The van der Waals surface area contributed by atoms with Gasteiger partial charge in [-0.1, -0.05) is 35.3 Å². The summed E-state index contributed by atoms with van der Waals surface area (Å²) in [6.07, 6.45) is 3.35. The number of anilines is 2. The Morgan fingerprint density at radius 2 is 1.97 bits per heavy atom. The molecule has 2 saturated heterocycles. The number of nitrogens with two attached hydrogens (primary N) is 3. The summed E-state index contributed by atoms with van der Waals surface area (Å²) >= 11 is 12.5. The number of hydrogen-bond donors (Lipinski definition) is 3. The van der Waals surface area contributed by atoms with Gasteiger partial charge in [0.05, 0.1) is 21.2 Å². The Morgan fingerprint density at radius 3 is 2.63 bits per heavy atom. The molecule has 1 unspecified atom stereocenters. The van der Waals surface area contributed by atoms with Gasteiger partial charge in [-0.15, -0.1) is 0 Å². The zero-order valence-corrected chi connectivity index (χ0v) is 17.9. The van der Waals surface area contributed by atoms with Crippen LogP contribution in [0.1, 0.15) is 36.2 Å². The first-order valence-corrected chi connectivity index (χ1v) is 10.6. The summed E-state index contributed by atoms with van der Waals surface area (Å²) in [6.45, 7) is 2.02. The van der Waals surface area contributed by atoms with Crippen LogP contribution < -0.4 is 22.1 Å². The van der Waals surface area contributed by atoms with Crippen molar-refractivity contribution in [3.8, 4) is 11.1 Å². The third-order valence-corrected chi connectivity index (χ3v) is 6.69. The van der Waals surface area contributed by atoms with Crippen molar-refractivity contribution in [3.05, 3.63) is 33.9 Å². The molecule has 0 radical (unpaired) electrons. The summed E-state index contributed by atoms with van der Waals surface area (Å²) in [7, 11) is 0. The van der Waals surface area contributed by atoms with Gasteiger partial charge in [0.2, 0.25) is 5.95 Å². The average molecular weight is 451 g/mol. The molecular weight excluding hydrogens is 427 g/mol. The van der Waals surface area contributed by atoms with Gasteiger partial charge in [-0.05, 0) is 31.7 Å². The minimum atomic E-state index is -0.716. The van der Waals surface area contributed by atoms with Crippen LogP contribution in [-0.4, -0.2) is 47.2 Å². The van der Waals surface area contributed by atoms with Gasteiger partial charge >= 0.3 is 0 Å². The van der Waals surface area contributed by atoms with Crippen LogP contribution in [0, 0.1) is 0 Å². The van der Waals surface area contributed by atoms with Gasteiger partial charge in [0.15, 0.2) is 0 Å². The predicted octanol–water partition coefficient (Wildman–Crippen LogP) is 2.61. The number of carbonyl (C=O) groups is 1. The van der Waals surface area contributed by atoms with Crippen molar-refractivity contribution >= 4 is 40.9 Å². The average Bonchev–Trinajstić information content (AvgIpc) is 2.70. The Hall–Kier alpha value is -2.13. The number of ether oxygens (including phenoxy) is 1. The molecule has 2 fully saturated rings. The molecule has 10 heteroatoms. The summed E-state index contributed by atoms with van der Waals surface area (Å²) in [5, 5.41) is 0.593. The SMILES string of the molecule is NC(=O)c1nc(N2CCC3(CC2)CC(N)CCO3)nc(N)c1-c1cccc(Cl)c1Cl. The Bertz CT molecular complexity index is 978. The van der Waals surface area contributed by atoms with Crippen LogP contribution in [0.25, 0.3) is 11.1 Å². The molecule has 2 aliphatic rings. The van der Waals surface area contributed by atoms with Crippen molar-refractivity contribution < 1.29 is 9.53 Å². The molecule has 1 spiro atoms. The molecule has 1 aromatic carbocycles. The quantitative estimate of drug-likeness (QED) is 0.653. The Balaban J connectivity index is 1.65. The van der Waals surface area contributed by atoms with E-state index in [1.54, 1.807) is 18.2 Å². The molecule has 1 atom stereocenters. The number of aromatic nitrogens is 2. The van der Waals surface area contributed by atoms with Crippen LogP contribution in [0.3, 0.4) is 0 Å². The van der Waals surface area contributed by atoms with Crippen LogP contribution >= 0.6 is 23.2 Å². The number of benzene rings is 1. The number of rotatable bonds is 3. The van der Waals surface area contributed by atoms with Crippen molar-refractivity contribution in [3.63, 3.8) is 0 Å². The van der Waals surface area contributed by atoms with Gasteiger partial charge in [0.25, 0.3) is 5.91 Å². The van der Waals surface area contributed by atoms with Crippen LogP contribution in [0.5, 0.6) is 0 Å². The Morgan fingerprint density at radius 1 is 1.23 bits per heavy atom. The lowest BCUT2D eigenvalue weighted by Crippen LogP contribution is -2.52. The second-order valence-corrected chi connectivity index (χ2v) is 8.65. The number of nitrogens with zero attached hydrogens (tertiary/aromatic N) is 3. The smallest absolute Gasteiger partial charge is 0.268 e. The first kappa shape index (κ1) is 21.1. The van der Waals surface area contributed by atoms with Crippen LogP contribution in [0.2, 0.25) is 10.0 Å². The highest BCUT2D eigenvalue weighted by molar-refractivity contribution is 6.44. The van der Waals surface area contributed by atoms with Gasteiger partial charge in [-0.2, -0.15) is 4.98 Å². The van der Waals surface area contributed by atoms with E-state index >= 15 is 0 Å². The van der Waals surface area contributed by atoms with Crippen molar-refractivity contribution in [2.75, 3.05) is 30.3 Å². The van der Waals surface area contributed by atoms with Gasteiger partial charge in [-0.3, -0.25) is 4.79 Å². The fourth-order valence-electron chi connectivity index (χ4n) is 4.28. The predicted molar refractivity (Wildman–Crippen MR) is 118 cm³/mol. The van der Waals surface area contributed by atoms with Crippen molar-refractivity contribution in [1.82, 2.24) is 9.97 Å². The minimum absolute atomic E-state index is 0.0119. The minimum Gasteiger partial charge on any atom is -0.383 e. The van der Waals surface area contributed by atoms with E-state index in [-0.39, 0.29) is 33.7 Å². The molecule has 0 bridgehead atoms. The Kier molecular flexibility index (Phi) is 5.76. The van der Waals surface area contributed by atoms with Crippen molar-refractivity contribution in [2.24, 2.45) is 11.5 Å². The molecule has 1 amide bonds. The van der Waals surface area contributed by atoms with Crippen molar-refractivity contribution in [2.45, 2.75) is 37.3 Å². The lowest BCUT2D eigenvalue weighted by Gasteiger charge is -2.45. The van der Waals surface area contributed by atoms with E-state index < -0.39 is 5.91 Å². The highest BCUT2D eigenvalue weighted by atomic mass is 35.5. The lowest BCUT2D eigenvalue weighted by molar-refractivity contribution is -0.0978. The van der Waals surface area contributed by atoms with E-state index in [0.29, 0.717) is 36.2 Å². The lowest BCUT2D eigenvalue weighted by atomic mass is 9.82. The van der Waals surface area contributed by atoms with Gasteiger partial charge in [0.1, 0.15) is 11.5 Å². The summed E-state index contributed by atoms with van der Waals surface area (Å²) in [4.78, 5) is 23.1. The summed E-state index contributed by atoms with van der Waals surface area (Å²) < 4.78 is 6.07. The van der Waals surface area contributed by atoms with Crippen LogP contribution in [0.15, 0.2) is 18.2 Å². The molecule has 2 aliphatic heterocycles.